The zero-order valence-corrected chi connectivity index (χ0v) is 66.8. The van der Waals surface area contributed by atoms with Crippen molar-refractivity contribution < 1.29 is 72.2 Å². The first-order chi connectivity index (χ1) is 50.7. The molecule has 0 spiro atoms. The Labute approximate surface area is 637 Å². The van der Waals surface area contributed by atoms with Crippen LogP contribution in [0.1, 0.15) is 131 Å². The summed E-state index contributed by atoms with van der Waals surface area (Å²) in [5.41, 5.74) is 1.83. The lowest BCUT2D eigenvalue weighted by Crippen LogP contribution is -2.62. The predicted octanol–water partition coefficient (Wildman–Crippen LogP) is 2.11. The molecule has 2 aliphatic heterocycles. The first-order valence-corrected chi connectivity index (χ1v) is 37.4. The quantitative estimate of drug-likeness (QED) is 0.122. The van der Waals surface area contributed by atoms with Gasteiger partial charge in [-0.2, -0.15) is 0 Å². The molecule has 15 atom stereocenters. The minimum atomic E-state index is -1.92. The summed E-state index contributed by atoms with van der Waals surface area (Å²) in [5, 5.41) is 22.1. The molecule has 29 heteroatoms. The van der Waals surface area contributed by atoms with E-state index in [2.05, 4.69) is 21.3 Å². The average Bonchev–Trinajstić information content (AvgIpc) is 0.825. The number of benzene rings is 3. The number of rotatable bonds is 18. The number of likely N-dealkylation sites (tertiary alicyclic amines) is 1. The number of aliphatic hydroxyl groups is 1. The Hall–Kier alpha value is -9.80. The van der Waals surface area contributed by atoms with E-state index in [9.17, 15) is 43.5 Å². The molecule has 0 unspecified atom stereocenters. The van der Waals surface area contributed by atoms with Crippen LogP contribution in [0.25, 0.3) is 0 Å². The van der Waals surface area contributed by atoms with E-state index in [0.717, 1.165) is 48.7 Å². The summed E-state index contributed by atoms with van der Waals surface area (Å²) >= 11 is 0. The van der Waals surface area contributed by atoms with Crippen molar-refractivity contribution in [2.24, 2.45) is 11.8 Å². The maximum absolute atomic E-state index is 15.8. The van der Waals surface area contributed by atoms with Crippen molar-refractivity contribution in [3.8, 4) is 0 Å². The molecule has 29 nitrogen and oxygen atoms in total. The monoisotopic (exact) mass is 1500 g/mol. The van der Waals surface area contributed by atoms with Crippen LogP contribution in [0.5, 0.6) is 0 Å². The summed E-state index contributed by atoms with van der Waals surface area (Å²) in [6, 6.07) is 8.07. The minimum absolute atomic E-state index is 0.0337. The van der Waals surface area contributed by atoms with Gasteiger partial charge in [0.05, 0.1) is 12.5 Å². The third kappa shape index (κ3) is 22.6. The van der Waals surface area contributed by atoms with Crippen LogP contribution < -0.4 is 21.3 Å². The zero-order valence-electron chi connectivity index (χ0n) is 66.8. The van der Waals surface area contributed by atoms with Gasteiger partial charge in [-0.15, -0.1) is 0 Å². The summed E-state index contributed by atoms with van der Waals surface area (Å²) in [7, 11) is 12.0. The van der Waals surface area contributed by atoms with Gasteiger partial charge in [0.25, 0.3) is 0 Å². The van der Waals surface area contributed by atoms with E-state index in [1.165, 1.54) is 120 Å². The highest BCUT2D eigenvalue weighted by molar-refractivity contribution is 6.01. The van der Waals surface area contributed by atoms with Crippen LogP contribution in [0.2, 0.25) is 0 Å². The molecule has 5 N–H and O–H groups in total. The molecule has 0 aromatic heterocycles. The Kier molecular flexibility index (Phi) is 33.2. The molecule has 2 saturated heterocycles. The summed E-state index contributed by atoms with van der Waals surface area (Å²) in [6.07, 6.45) is 0.184. The molecule has 3 aromatic carbocycles. The number of hydrogen-bond acceptors (Lipinski definition) is 15. The van der Waals surface area contributed by atoms with Crippen LogP contribution >= 0.6 is 0 Å². The number of carbonyl (C=O) groups is 14. The van der Waals surface area contributed by atoms with Gasteiger partial charge in [-0.3, -0.25) is 67.1 Å². The first kappa shape index (κ1) is 88.8. The number of nitrogens with zero attached hydrogens (tertiary/aromatic N) is 10. The molecule has 2 aliphatic rings. The van der Waals surface area contributed by atoms with E-state index in [4.69, 9.17) is 0 Å². The number of nitrogens with one attached hydrogen (secondary N) is 4. The van der Waals surface area contributed by atoms with Crippen molar-refractivity contribution in [1.82, 2.24) is 70.3 Å². The fraction of sp³-hybridized carbons (Fsp3) is 0.595. The Morgan fingerprint density at radius 2 is 0.898 bits per heavy atom. The standard InChI is InChI=1S/C79H118N14O15/c1-21-48(4)65-78(107)88(16)54(10)73(102)90(18)61(42-47(2)3)75(104)85(13)52(8)69(98)83-66(55(11)94)79(108)87(15)50(6)67(96)81-59(46-64(95)84(12)53(9)72(101)91(19)62(44-57-36-28-23-29-37-57)76(105)86(14)51(7)68(97)82-65)74(103)92(20)63(45-58-38-30-24-31-39-58)77(106)89(17)60(43-56-34-26-22-27-35-56)70(99)80-49(5)71(100)93-40-32-25-33-41-93/h22-24,26-31,34-39,47-55,59-63,65-66,94H,21,25,32-33,40-46H2,1-20H3,(H,80,99)(H,81,96)(H,82,97)(H,83,98)/t48-,49-,50-,51-,52-,53+,54-,55+,59-,60-,61-,62-,63-,65-,66-/m0/s1. The average molecular weight is 1500 g/mol. The van der Waals surface area contributed by atoms with Crippen molar-refractivity contribution in [3.05, 3.63) is 108 Å². The third-order valence-electron chi connectivity index (χ3n) is 21.7. The molecule has 0 bridgehead atoms. The molecule has 0 aliphatic carbocycles. The van der Waals surface area contributed by atoms with Crippen LogP contribution in [0.4, 0.5) is 0 Å². The second-order valence-electron chi connectivity index (χ2n) is 29.7. The van der Waals surface area contributed by atoms with Gasteiger partial charge < -0.3 is 75.4 Å². The van der Waals surface area contributed by atoms with Gasteiger partial charge in [0.1, 0.15) is 78.5 Å². The van der Waals surface area contributed by atoms with E-state index in [1.807, 2.05) is 20.8 Å². The summed E-state index contributed by atoms with van der Waals surface area (Å²) in [4.78, 5) is 220. The topological polar surface area (TPSA) is 340 Å². The Bertz CT molecular complexity index is 3640. The number of amides is 14. The van der Waals surface area contributed by atoms with Gasteiger partial charge in [0.15, 0.2) is 0 Å². The maximum atomic E-state index is 15.8. The molecule has 14 amide bonds. The second-order valence-corrected chi connectivity index (χ2v) is 29.7. The summed E-state index contributed by atoms with van der Waals surface area (Å²) in [5.74, 6) is -11.7. The van der Waals surface area contributed by atoms with Crippen molar-refractivity contribution in [2.45, 2.75) is 219 Å². The van der Waals surface area contributed by atoms with E-state index < -0.39 is 174 Å². The molecule has 5 rings (SSSR count). The molecule has 2 fully saturated rings. The van der Waals surface area contributed by atoms with Gasteiger partial charge in [-0.25, -0.2) is 0 Å². The number of aliphatic hydroxyl groups excluding tert-OH is 1. The lowest BCUT2D eigenvalue weighted by Gasteiger charge is -2.38. The number of likely N-dealkylation sites (N-methyl/N-ethyl adjacent to an activating group) is 9. The van der Waals surface area contributed by atoms with Crippen molar-refractivity contribution in [1.29, 1.82) is 0 Å². The van der Waals surface area contributed by atoms with Gasteiger partial charge in [-0.1, -0.05) is 125 Å². The summed E-state index contributed by atoms with van der Waals surface area (Å²) in [6.45, 7) is 18.0. The SMILES string of the molecule is CC[C@H](C)[C@@H]1NC(=O)[C@H](C)N(C)C(=O)[C@H](Cc2ccccc2)N(C)C(=O)[C@@H](C)N(C)C(=O)C[C@@H](C(=O)N(C)[C@@H](Cc2ccccc2)C(=O)N(C)[C@@H](Cc2ccccc2)C(=O)N[C@@H](C)C(=O)N2CCCCC2)NC(=O)[C@H](C)N(C)C(=O)[C@H]([C@@H](C)O)NC(=O)[C@H](C)N(C)C(=O)[C@H](CC(C)C)N(C)C(=O)[C@H](C)N(C)C1=O. The van der Waals surface area contributed by atoms with Gasteiger partial charge in [0.2, 0.25) is 82.7 Å². The van der Waals surface area contributed by atoms with Gasteiger partial charge >= 0.3 is 0 Å². The van der Waals surface area contributed by atoms with Crippen LogP contribution in [0.3, 0.4) is 0 Å². The summed E-state index contributed by atoms with van der Waals surface area (Å²) < 4.78 is 0. The Balaban J connectivity index is 1.66. The Morgan fingerprint density at radius 1 is 0.491 bits per heavy atom. The van der Waals surface area contributed by atoms with Crippen LogP contribution in [-0.4, -0.2) is 298 Å². The highest BCUT2D eigenvalue weighted by atomic mass is 16.3. The van der Waals surface area contributed by atoms with Crippen LogP contribution in [-0.2, 0) is 86.4 Å². The smallest absolute Gasteiger partial charge is 0.248 e. The van der Waals surface area contributed by atoms with E-state index in [0.29, 0.717) is 36.2 Å². The van der Waals surface area contributed by atoms with E-state index in [-0.39, 0.29) is 37.5 Å². The molecule has 2 heterocycles. The van der Waals surface area contributed by atoms with E-state index >= 15 is 28.8 Å². The van der Waals surface area contributed by atoms with Crippen LogP contribution in [0.15, 0.2) is 91.0 Å². The van der Waals surface area contributed by atoms with E-state index in [1.54, 1.807) is 110 Å². The molecule has 0 radical (unpaired) electrons. The fourth-order valence-electron chi connectivity index (χ4n) is 13.2. The lowest BCUT2D eigenvalue weighted by atomic mass is 9.96. The fourth-order valence-corrected chi connectivity index (χ4v) is 13.2. The highest BCUT2D eigenvalue weighted by Gasteiger charge is 2.45. The van der Waals surface area contributed by atoms with Gasteiger partial charge in [-0.05, 0) is 103 Å². The molecule has 594 valence electrons. The molecular weight excluding hydrogens is 1380 g/mol. The highest BCUT2D eigenvalue weighted by Crippen LogP contribution is 2.24. The minimum Gasteiger partial charge on any atom is -0.391 e. The molecule has 108 heavy (non-hydrogen) atoms. The number of piperidine rings is 1. The number of hydrogen-bond donors (Lipinski definition) is 5. The predicted molar refractivity (Wildman–Crippen MR) is 407 cm³/mol. The largest absolute Gasteiger partial charge is 0.391 e. The molecule has 0 saturated carbocycles. The van der Waals surface area contributed by atoms with Crippen LogP contribution in [0, 0.1) is 11.8 Å². The maximum Gasteiger partial charge on any atom is 0.248 e. The molecular formula is C79H118N14O15. The first-order valence-electron chi connectivity index (χ1n) is 37.4. The second kappa shape index (κ2) is 40.4. The normalized spacial score (nSPS) is 24.6. The Morgan fingerprint density at radius 3 is 1.37 bits per heavy atom. The number of carbonyl (C=O) groups excluding carboxylic acids is 14. The van der Waals surface area contributed by atoms with Gasteiger partial charge in [0, 0.05) is 95.8 Å². The zero-order chi connectivity index (χ0) is 81.0. The molecule has 3 aromatic rings. The lowest BCUT2D eigenvalue weighted by molar-refractivity contribution is -0.153. The van der Waals surface area contributed by atoms with Crippen molar-refractivity contribution in [3.63, 3.8) is 0 Å². The third-order valence-corrected chi connectivity index (χ3v) is 21.7. The van der Waals surface area contributed by atoms with Crippen molar-refractivity contribution in [2.75, 3.05) is 76.5 Å². The van der Waals surface area contributed by atoms with Crippen molar-refractivity contribution >= 4 is 82.7 Å².